The summed E-state index contributed by atoms with van der Waals surface area (Å²) in [6, 6.07) is 7.74. The zero-order chi connectivity index (χ0) is 14.1. The maximum atomic E-state index is 11.9. The lowest BCUT2D eigenvalue weighted by Crippen LogP contribution is -2.51. The van der Waals surface area contributed by atoms with Crippen LogP contribution in [0.3, 0.4) is 0 Å². The Balaban J connectivity index is 2.36. The van der Waals surface area contributed by atoms with Crippen molar-refractivity contribution in [3.63, 3.8) is 0 Å². The number of hydrogen-bond donors (Lipinski definition) is 2. The van der Waals surface area contributed by atoms with E-state index in [1.165, 1.54) is 6.26 Å². The van der Waals surface area contributed by atoms with Gasteiger partial charge < -0.3 is 10.4 Å². The number of benzene rings is 1. The van der Waals surface area contributed by atoms with Crippen LogP contribution in [-0.4, -0.2) is 37.2 Å². The lowest BCUT2D eigenvalue weighted by atomic mass is 9.97. The van der Waals surface area contributed by atoms with Crippen LogP contribution >= 0.6 is 0 Å². The Bertz CT molecular complexity index is 556. The van der Waals surface area contributed by atoms with E-state index in [0.717, 1.165) is 17.7 Å². The molecule has 4 nitrogen and oxygen atoms in total. The topological polar surface area (TPSA) is 66.4 Å². The van der Waals surface area contributed by atoms with Crippen LogP contribution in [0.1, 0.15) is 24.8 Å². The monoisotopic (exact) mass is 283 g/mol. The van der Waals surface area contributed by atoms with Crippen molar-refractivity contribution < 1.29 is 13.5 Å². The molecule has 2 unspecified atom stereocenters. The maximum absolute atomic E-state index is 11.9. The number of rotatable bonds is 4. The first-order valence-electron chi connectivity index (χ1n) is 6.52. The number of para-hydroxylation sites is 1. The van der Waals surface area contributed by atoms with Gasteiger partial charge in [-0.25, -0.2) is 8.42 Å². The normalized spacial score (nSPS) is 27.4. The van der Waals surface area contributed by atoms with Crippen LogP contribution in [0.15, 0.2) is 24.3 Å². The molecule has 2 rings (SSSR count). The molecule has 0 aliphatic heterocycles. The average molecular weight is 283 g/mol. The molecule has 1 fully saturated rings. The number of aliphatic hydroxyl groups is 1. The largest absolute Gasteiger partial charge is 0.394 e. The Morgan fingerprint density at radius 3 is 2.68 bits per heavy atom. The van der Waals surface area contributed by atoms with Gasteiger partial charge in [-0.2, -0.15) is 0 Å². The van der Waals surface area contributed by atoms with Gasteiger partial charge in [0.25, 0.3) is 0 Å². The minimum absolute atomic E-state index is 0.168. The van der Waals surface area contributed by atoms with E-state index in [2.05, 4.69) is 5.32 Å². The van der Waals surface area contributed by atoms with Gasteiger partial charge in [-0.3, -0.25) is 0 Å². The molecule has 106 valence electrons. The number of aryl methyl sites for hydroxylation is 1. The van der Waals surface area contributed by atoms with E-state index in [0.29, 0.717) is 12.8 Å². The molecule has 0 aromatic heterocycles. The summed E-state index contributed by atoms with van der Waals surface area (Å²) < 4.78 is 23.9. The second-order valence-electron chi connectivity index (χ2n) is 5.46. The van der Waals surface area contributed by atoms with Gasteiger partial charge in [0.2, 0.25) is 0 Å². The molecule has 0 radical (unpaired) electrons. The van der Waals surface area contributed by atoms with Crippen molar-refractivity contribution in [2.75, 3.05) is 18.2 Å². The summed E-state index contributed by atoms with van der Waals surface area (Å²) in [6.45, 7) is 1.80. The predicted octanol–water partition coefficient (Wildman–Crippen LogP) is 1.74. The Morgan fingerprint density at radius 1 is 1.42 bits per heavy atom. The zero-order valence-electron chi connectivity index (χ0n) is 11.4. The van der Waals surface area contributed by atoms with Crippen LogP contribution in [0.4, 0.5) is 5.69 Å². The Kier molecular flexibility index (Phi) is 3.87. The van der Waals surface area contributed by atoms with Crippen molar-refractivity contribution in [3.8, 4) is 0 Å². The third-order valence-electron chi connectivity index (χ3n) is 4.03. The summed E-state index contributed by atoms with van der Waals surface area (Å²) in [7, 11) is -3.18. The van der Waals surface area contributed by atoms with Crippen LogP contribution in [0.25, 0.3) is 0 Å². The second-order valence-corrected chi connectivity index (χ2v) is 7.69. The molecule has 2 atom stereocenters. The standard InChI is InChI=1S/C14H21NO3S/c1-11-6-3-4-7-12(11)15-14(10-16)9-5-8-13(14)19(2,17)18/h3-4,6-7,13,15-16H,5,8-10H2,1-2H3. The lowest BCUT2D eigenvalue weighted by molar-refractivity contribution is 0.215. The summed E-state index contributed by atoms with van der Waals surface area (Å²) in [6.07, 6.45) is 3.36. The number of aliphatic hydroxyl groups excluding tert-OH is 1. The Morgan fingerprint density at radius 2 is 2.11 bits per heavy atom. The molecule has 0 saturated heterocycles. The highest BCUT2D eigenvalue weighted by Gasteiger charge is 2.48. The Labute approximate surface area is 114 Å². The fourth-order valence-electron chi connectivity index (χ4n) is 3.01. The molecule has 1 aromatic carbocycles. The highest BCUT2D eigenvalue weighted by Crippen LogP contribution is 2.37. The summed E-state index contributed by atoms with van der Waals surface area (Å²) in [5.41, 5.74) is 1.20. The smallest absolute Gasteiger partial charge is 0.152 e. The summed E-state index contributed by atoms with van der Waals surface area (Å²) in [5.74, 6) is 0. The summed E-state index contributed by atoms with van der Waals surface area (Å²) in [5, 5.41) is 12.6. The van der Waals surface area contributed by atoms with Crippen molar-refractivity contribution in [1.29, 1.82) is 0 Å². The van der Waals surface area contributed by atoms with E-state index >= 15 is 0 Å². The van der Waals surface area contributed by atoms with E-state index in [-0.39, 0.29) is 6.61 Å². The first kappa shape index (κ1) is 14.3. The molecular formula is C14H21NO3S. The van der Waals surface area contributed by atoms with Gasteiger partial charge in [0.15, 0.2) is 9.84 Å². The maximum Gasteiger partial charge on any atom is 0.152 e. The SMILES string of the molecule is Cc1ccccc1NC1(CO)CCCC1S(C)(=O)=O. The predicted molar refractivity (Wildman–Crippen MR) is 77.1 cm³/mol. The molecule has 2 N–H and O–H groups in total. The van der Waals surface area contributed by atoms with Gasteiger partial charge in [0.05, 0.1) is 17.4 Å². The molecule has 1 aliphatic carbocycles. The number of hydrogen-bond acceptors (Lipinski definition) is 4. The quantitative estimate of drug-likeness (QED) is 0.883. The van der Waals surface area contributed by atoms with Gasteiger partial charge in [-0.1, -0.05) is 18.2 Å². The van der Waals surface area contributed by atoms with Gasteiger partial charge in [-0.05, 0) is 37.8 Å². The summed E-state index contributed by atoms with van der Waals surface area (Å²) in [4.78, 5) is 0. The first-order chi connectivity index (χ1) is 8.89. The molecular weight excluding hydrogens is 262 g/mol. The molecule has 0 amide bonds. The zero-order valence-corrected chi connectivity index (χ0v) is 12.2. The van der Waals surface area contributed by atoms with E-state index in [4.69, 9.17) is 0 Å². The molecule has 1 aliphatic rings. The highest BCUT2D eigenvalue weighted by molar-refractivity contribution is 7.91. The van der Waals surface area contributed by atoms with E-state index in [9.17, 15) is 13.5 Å². The molecule has 0 bridgehead atoms. The fraction of sp³-hybridized carbons (Fsp3) is 0.571. The number of sulfone groups is 1. The van der Waals surface area contributed by atoms with Crippen LogP contribution in [-0.2, 0) is 9.84 Å². The lowest BCUT2D eigenvalue weighted by Gasteiger charge is -2.35. The first-order valence-corrected chi connectivity index (χ1v) is 8.48. The van der Waals surface area contributed by atoms with Crippen molar-refractivity contribution in [3.05, 3.63) is 29.8 Å². The number of anilines is 1. The van der Waals surface area contributed by atoms with Gasteiger partial charge in [0.1, 0.15) is 0 Å². The molecule has 5 heteroatoms. The van der Waals surface area contributed by atoms with Crippen LogP contribution in [0.5, 0.6) is 0 Å². The van der Waals surface area contributed by atoms with Crippen molar-refractivity contribution in [2.45, 2.75) is 37.0 Å². The summed E-state index contributed by atoms with van der Waals surface area (Å²) >= 11 is 0. The van der Waals surface area contributed by atoms with Crippen molar-refractivity contribution in [1.82, 2.24) is 0 Å². The van der Waals surface area contributed by atoms with E-state index in [1.807, 2.05) is 31.2 Å². The fourth-order valence-corrected chi connectivity index (χ4v) is 4.67. The van der Waals surface area contributed by atoms with Crippen LogP contribution in [0, 0.1) is 6.92 Å². The highest BCUT2D eigenvalue weighted by atomic mass is 32.2. The molecule has 1 aromatic rings. The molecule has 19 heavy (non-hydrogen) atoms. The molecule has 0 heterocycles. The van der Waals surface area contributed by atoms with Gasteiger partial charge in [0, 0.05) is 11.9 Å². The minimum atomic E-state index is -3.18. The average Bonchev–Trinajstić information content (AvgIpc) is 2.76. The van der Waals surface area contributed by atoms with Crippen LogP contribution in [0.2, 0.25) is 0 Å². The van der Waals surface area contributed by atoms with Gasteiger partial charge >= 0.3 is 0 Å². The van der Waals surface area contributed by atoms with Crippen LogP contribution < -0.4 is 5.32 Å². The second kappa shape index (κ2) is 5.13. The minimum Gasteiger partial charge on any atom is -0.394 e. The van der Waals surface area contributed by atoms with E-state index in [1.54, 1.807) is 0 Å². The van der Waals surface area contributed by atoms with Crippen molar-refractivity contribution >= 4 is 15.5 Å². The third-order valence-corrected chi connectivity index (χ3v) is 5.75. The van der Waals surface area contributed by atoms with E-state index < -0.39 is 20.6 Å². The Hall–Kier alpha value is -1.07. The number of nitrogens with one attached hydrogen (secondary N) is 1. The van der Waals surface area contributed by atoms with Gasteiger partial charge in [-0.15, -0.1) is 0 Å². The van der Waals surface area contributed by atoms with Crippen molar-refractivity contribution in [2.24, 2.45) is 0 Å². The molecule has 1 saturated carbocycles. The molecule has 0 spiro atoms. The third kappa shape index (κ3) is 2.77.